The summed E-state index contributed by atoms with van der Waals surface area (Å²) in [5.41, 5.74) is 0.205. The van der Waals surface area contributed by atoms with Crippen molar-refractivity contribution in [2.75, 3.05) is 5.32 Å². The van der Waals surface area contributed by atoms with Crippen LogP contribution in [-0.2, 0) is 0 Å². The van der Waals surface area contributed by atoms with Gasteiger partial charge in [0.05, 0.1) is 0 Å². The number of rotatable bonds is 2. The molecule has 5 heteroatoms. The normalized spacial score (nSPS) is 14.7. The summed E-state index contributed by atoms with van der Waals surface area (Å²) in [4.78, 5) is 0. The fraction of sp³-hybridized carbons (Fsp3) is 0.364. The van der Waals surface area contributed by atoms with Crippen molar-refractivity contribution in [3.8, 4) is 0 Å². The van der Waals surface area contributed by atoms with Crippen molar-refractivity contribution >= 4 is 23.0 Å². The van der Waals surface area contributed by atoms with E-state index in [2.05, 4.69) is 10.6 Å². The minimum atomic E-state index is -0.636. The zero-order valence-electron chi connectivity index (χ0n) is 8.81. The third-order valence-corrected chi connectivity index (χ3v) is 2.66. The van der Waals surface area contributed by atoms with E-state index in [1.165, 1.54) is 12.1 Å². The summed E-state index contributed by atoms with van der Waals surface area (Å²) < 4.78 is 26.9. The quantitative estimate of drug-likeness (QED) is 0.780. The molecule has 2 N–H and O–H groups in total. The summed E-state index contributed by atoms with van der Waals surface area (Å²) >= 11 is 4.96. The molecule has 1 saturated carbocycles. The molecular weight excluding hydrogens is 230 g/mol. The van der Waals surface area contributed by atoms with Gasteiger partial charge in [-0.15, -0.1) is 0 Å². The van der Waals surface area contributed by atoms with Crippen molar-refractivity contribution in [3.05, 3.63) is 29.3 Å². The van der Waals surface area contributed by atoms with Gasteiger partial charge >= 0.3 is 0 Å². The topological polar surface area (TPSA) is 24.1 Å². The number of nitrogens with one attached hydrogen (secondary N) is 2. The SMILES string of the molecule is Cc1ccc(F)c(NC(=S)NC2CC2)c1F. The molecule has 0 radical (unpaired) electrons. The number of hydrogen-bond acceptors (Lipinski definition) is 1. The molecule has 1 fully saturated rings. The third-order valence-electron chi connectivity index (χ3n) is 2.44. The lowest BCUT2D eigenvalue weighted by Crippen LogP contribution is -2.30. The summed E-state index contributed by atoms with van der Waals surface area (Å²) in [5.74, 6) is -1.23. The van der Waals surface area contributed by atoms with Gasteiger partial charge in [0.2, 0.25) is 0 Å². The lowest BCUT2D eigenvalue weighted by atomic mass is 10.2. The second-order valence-electron chi connectivity index (χ2n) is 3.93. The Labute approximate surface area is 98.0 Å². The Morgan fingerprint density at radius 1 is 1.38 bits per heavy atom. The van der Waals surface area contributed by atoms with E-state index in [9.17, 15) is 8.78 Å². The Morgan fingerprint density at radius 3 is 2.69 bits per heavy atom. The first-order valence-electron chi connectivity index (χ1n) is 5.10. The highest BCUT2D eigenvalue weighted by Crippen LogP contribution is 2.23. The van der Waals surface area contributed by atoms with Gasteiger partial charge in [0, 0.05) is 6.04 Å². The minimum absolute atomic E-state index is 0.182. The lowest BCUT2D eigenvalue weighted by molar-refractivity contribution is 0.585. The molecule has 1 aromatic rings. The molecule has 2 nitrogen and oxygen atoms in total. The molecular formula is C11H12F2N2S. The Balaban J connectivity index is 2.12. The van der Waals surface area contributed by atoms with E-state index in [0.717, 1.165) is 12.8 Å². The smallest absolute Gasteiger partial charge is 0.171 e. The molecule has 0 spiro atoms. The van der Waals surface area contributed by atoms with Crippen LogP contribution in [0.5, 0.6) is 0 Å². The molecule has 0 heterocycles. The number of hydrogen-bond donors (Lipinski definition) is 2. The van der Waals surface area contributed by atoms with E-state index in [-0.39, 0.29) is 10.8 Å². The average molecular weight is 242 g/mol. The summed E-state index contributed by atoms with van der Waals surface area (Å²) in [6.45, 7) is 1.58. The van der Waals surface area contributed by atoms with Crippen molar-refractivity contribution in [1.82, 2.24) is 5.32 Å². The molecule has 0 bridgehead atoms. The zero-order valence-corrected chi connectivity index (χ0v) is 9.63. The maximum atomic E-state index is 13.6. The van der Waals surface area contributed by atoms with E-state index < -0.39 is 11.6 Å². The van der Waals surface area contributed by atoms with Crippen LogP contribution >= 0.6 is 12.2 Å². The van der Waals surface area contributed by atoms with Crippen molar-refractivity contribution in [1.29, 1.82) is 0 Å². The Hall–Kier alpha value is -1.23. The number of halogens is 2. The van der Waals surface area contributed by atoms with Gasteiger partial charge in [0.25, 0.3) is 0 Å². The molecule has 2 rings (SSSR count). The number of benzene rings is 1. The van der Waals surface area contributed by atoms with Gasteiger partial charge in [-0.2, -0.15) is 0 Å². The zero-order chi connectivity index (χ0) is 11.7. The Bertz CT molecular complexity index is 430. The molecule has 1 aliphatic rings. The van der Waals surface area contributed by atoms with Crippen LogP contribution in [0.1, 0.15) is 18.4 Å². The van der Waals surface area contributed by atoms with E-state index in [4.69, 9.17) is 12.2 Å². The van der Waals surface area contributed by atoms with E-state index in [1.807, 2.05) is 0 Å². The highest BCUT2D eigenvalue weighted by Gasteiger charge is 2.22. The summed E-state index contributed by atoms with van der Waals surface area (Å²) in [5, 5.41) is 5.79. The van der Waals surface area contributed by atoms with Crippen LogP contribution in [0.3, 0.4) is 0 Å². The van der Waals surface area contributed by atoms with Crippen LogP contribution in [0.25, 0.3) is 0 Å². The van der Waals surface area contributed by atoms with Crippen LogP contribution in [0.4, 0.5) is 14.5 Å². The van der Waals surface area contributed by atoms with Crippen molar-refractivity contribution in [2.45, 2.75) is 25.8 Å². The Kier molecular flexibility index (Phi) is 3.05. The van der Waals surface area contributed by atoms with Gasteiger partial charge < -0.3 is 10.6 Å². The minimum Gasteiger partial charge on any atom is -0.360 e. The maximum Gasteiger partial charge on any atom is 0.171 e. The standard InChI is InChI=1S/C11H12F2N2S/c1-6-2-5-8(12)10(9(6)13)15-11(16)14-7-3-4-7/h2,5,7H,3-4H2,1H3,(H2,14,15,16). The van der Waals surface area contributed by atoms with E-state index in [0.29, 0.717) is 11.6 Å². The molecule has 0 saturated heterocycles. The Morgan fingerprint density at radius 2 is 2.06 bits per heavy atom. The fourth-order valence-electron chi connectivity index (χ4n) is 1.33. The van der Waals surface area contributed by atoms with E-state index >= 15 is 0 Å². The van der Waals surface area contributed by atoms with Crippen LogP contribution < -0.4 is 10.6 Å². The second kappa shape index (κ2) is 4.33. The number of aryl methyl sites for hydroxylation is 1. The maximum absolute atomic E-state index is 13.6. The first-order chi connectivity index (χ1) is 7.58. The van der Waals surface area contributed by atoms with Crippen molar-refractivity contribution in [3.63, 3.8) is 0 Å². The highest BCUT2D eigenvalue weighted by molar-refractivity contribution is 7.80. The van der Waals surface area contributed by atoms with Gasteiger partial charge in [0.1, 0.15) is 11.5 Å². The monoisotopic (exact) mass is 242 g/mol. The van der Waals surface area contributed by atoms with Gasteiger partial charge in [-0.25, -0.2) is 8.78 Å². The first-order valence-corrected chi connectivity index (χ1v) is 5.51. The summed E-state index contributed by atoms with van der Waals surface area (Å²) in [6.07, 6.45) is 2.11. The molecule has 1 aromatic carbocycles. The van der Waals surface area contributed by atoms with Crippen LogP contribution in [0.15, 0.2) is 12.1 Å². The summed E-state index contributed by atoms with van der Waals surface area (Å²) in [7, 11) is 0. The van der Waals surface area contributed by atoms with Crippen molar-refractivity contribution in [2.24, 2.45) is 0 Å². The number of thiocarbonyl (C=S) groups is 1. The van der Waals surface area contributed by atoms with Gasteiger partial charge in [0.15, 0.2) is 10.9 Å². The average Bonchev–Trinajstić information content (AvgIpc) is 3.02. The van der Waals surface area contributed by atoms with Crippen LogP contribution in [-0.4, -0.2) is 11.2 Å². The molecule has 0 aliphatic heterocycles. The van der Waals surface area contributed by atoms with Crippen LogP contribution in [0.2, 0.25) is 0 Å². The van der Waals surface area contributed by atoms with Gasteiger partial charge in [-0.05, 0) is 43.6 Å². The molecule has 0 atom stereocenters. The van der Waals surface area contributed by atoms with Crippen molar-refractivity contribution < 1.29 is 8.78 Å². The molecule has 0 unspecified atom stereocenters. The number of anilines is 1. The second-order valence-corrected chi connectivity index (χ2v) is 4.33. The molecule has 16 heavy (non-hydrogen) atoms. The fourth-order valence-corrected chi connectivity index (χ4v) is 1.60. The van der Waals surface area contributed by atoms with E-state index in [1.54, 1.807) is 6.92 Å². The highest BCUT2D eigenvalue weighted by atomic mass is 32.1. The molecule has 1 aliphatic carbocycles. The molecule has 86 valence electrons. The predicted molar refractivity (Wildman–Crippen MR) is 63.5 cm³/mol. The van der Waals surface area contributed by atoms with Crippen LogP contribution in [0, 0.1) is 18.6 Å². The largest absolute Gasteiger partial charge is 0.360 e. The first kappa shape index (κ1) is 11.3. The lowest BCUT2D eigenvalue weighted by Gasteiger charge is -2.12. The van der Waals surface area contributed by atoms with Gasteiger partial charge in [-0.3, -0.25) is 0 Å². The predicted octanol–water partition coefficient (Wildman–Crippen LogP) is 2.72. The summed E-state index contributed by atoms with van der Waals surface area (Å²) in [6, 6.07) is 2.98. The molecule has 0 amide bonds. The third kappa shape index (κ3) is 2.47. The van der Waals surface area contributed by atoms with Gasteiger partial charge in [-0.1, -0.05) is 6.07 Å². The molecule has 0 aromatic heterocycles.